The monoisotopic (exact) mass is 302 g/mol. The normalized spacial score (nSPS) is 17.2. The lowest BCUT2D eigenvalue weighted by molar-refractivity contribution is -0.132. The molecule has 1 unspecified atom stereocenters. The molecule has 1 heterocycles. The SMILES string of the molecule is Nc1ccc(S(=O)CC(=O)N2CCOCC2)cc1Cl. The van der Waals surface area contributed by atoms with E-state index in [2.05, 4.69) is 0 Å². The first-order chi connectivity index (χ1) is 9.08. The molecule has 1 aromatic carbocycles. The van der Waals surface area contributed by atoms with E-state index >= 15 is 0 Å². The molecule has 1 atom stereocenters. The molecule has 2 N–H and O–H groups in total. The Kier molecular flexibility index (Phi) is 4.79. The van der Waals surface area contributed by atoms with Gasteiger partial charge < -0.3 is 15.4 Å². The number of amides is 1. The Hall–Kier alpha value is -1.11. The summed E-state index contributed by atoms with van der Waals surface area (Å²) in [4.78, 5) is 14.1. The molecule has 0 saturated carbocycles. The Morgan fingerprint density at radius 2 is 2.11 bits per heavy atom. The maximum Gasteiger partial charge on any atom is 0.235 e. The Labute approximate surface area is 119 Å². The van der Waals surface area contributed by atoms with Crippen LogP contribution in [0.15, 0.2) is 23.1 Å². The highest BCUT2D eigenvalue weighted by Crippen LogP contribution is 2.21. The highest BCUT2D eigenvalue weighted by molar-refractivity contribution is 7.85. The first kappa shape index (κ1) is 14.3. The number of halogens is 1. The van der Waals surface area contributed by atoms with Crippen LogP contribution in [-0.2, 0) is 20.3 Å². The number of nitrogens with zero attached hydrogens (tertiary/aromatic N) is 1. The summed E-state index contributed by atoms with van der Waals surface area (Å²) in [5, 5.41) is 0.352. The summed E-state index contributed by atoms with van der Waals surface area (Å²) in [6.07, 6.45) is 0. The second-order valence-electron chi connectivity index (χ2n) is 4.17. The number of carbonyl (C=O) groups is 1. The number of nitrogens with two attached hydrogens (primary N) is 1. The minimum absolute atomic E-state index is 0.0414. The molecule has 0 spiro atoms. The number of nitrogen functional groups attached to an aromatic ring is 1. The number of anilines is 1. The van der Waals surface area contributed by atoms with Crippen LogP contribution in [0.25, 0.3) is 0 Å². The quantitative estimate of drug-likeness (QED) is 0.842. The van der Waals surface area contributed by atoms with Gasteiger partial charge in [0.25, 0.3) is 0 Å². The van der Waals surface area contributed by atoms with Crippen molar-refractivity contribution < 1.29 is 13.7 Å². The lowest BCUT2D eigenvalue weighted by Gasteiger charge is -2.26. The standard InChI is InChI=1S/C12H15ClN2O3S/c13-10-7-9(1-2-11(10)14)19(17)8-12(16)15-3-5-18-6-4-15/h1-2,7H,3-6,8,14H2. The van der Waals surface area contributed by atoms with Crippen LogP contribution in [0, 0.1) is 0 Å². The van der Waals surface area contributed by atoms with E-state index < -0.39 is 10.8 Å². The van der Waals surface area contributed by atoms with Gasteiger partial charge in [0.2, 0.25) is 5.91 Å². The van der Waals surface area contributed by atoms with Crippen LogP contribution in [0.4, 0.5) is 5.69 Å². The van der Waals surface area contributed by atoms with Crippen LogP contribution in [0.5, 0.6) is 0 Å². The first-order valence-electron chi connectivity index (χ1n) is 5.87. The average molecular weight is 303 g/mol. The molecule has 7 heteroatoms. The van der Waals surface area contributed by atoms with Gasteiger partial charge in [0.1, 0.15) is 5.75 Å². The molecule has 1 aromatic rings. The van der Waals surface area contributed by atoms with E-state index in [1.165, 1.54) is 0 Å². The number of morpholine rings is 1. The van der Waals surface area contributed by atoms with Gasteiger partial charge in [0.05, 0.1) is 34.7 Å². The fourth-order valence-corrected chi connectivity index (χ4v) is 3.04. The van der Waals surface area contributed by atoms with E-state index in [-0.39, 0.29) is 11.7 Å². The summed E-state index contributed by atoms with van der Waals surface area (Å²) >= 11 is 5.87. The zero-order valence-electron chi connectivity index (χ0n) is 10.3. The molecule has 0 radical (unpaired) electrons. The predicted octanol–water partition coefficient (Wildman–Crippen LogP) is 0.889. The van der Waals surface area contributed by atoms with Gasteiger partial charge in [-0.15, -0.1) is 0 Å². The Balaban J connectivity index is 1.99. The third-order valence-electron chi connectivity index (χ3n) is 2.85. The van der Waals surface area contributed by atoms with Gasteiger partial charge in [-0.3, -0.25) is 9.00 Å². The Bertz CT molecular complexity index is 504. The third-order valence-corrected chi connectivity index (χ3v) is 4.47. The van der Waals surface area contributed by atoms with Gasteiger partial charge in [0.15, 0.2) is 0 Å². The minimum Gasteiger partial charge on any atom is -0.398 e. The van der Waals surface area contributed by atoms with Crippen LogP contribution < -0.4 is 5.73 Å². The topological polar surface area (TPSA) is 72.6 Å². The van der Waals surface area contributed by atoms with Gasteiger partial charge in [-0.05, 0) is 18.2 Å². The smallest absolute Gasteiger partial charge is 0.235 e. The third kappa shape index (κ3) is 3.68. The lowest BCUT2D eigenvalue weighted by atomic mass is 10.3. The summed E-state index contributed by atoms with van der Waals surface area (Å²) in [5.74, 6) is -0.171. The molecular weight excluding hydrogens is 288 g/mol. The molecule has 0 aliphatic carbocycles. The molecule has 1 saturated heterocycles. The summed E-state index contributed by atoms with van der Waals surface area (Å²) in [6.45, 7) is 2.18. The van der Waals surface area contributed by atoms with E-state index in [4.69, 9.17) is 22.1 Å². The second kappa shape index (κ2) is 6.36. The summed E-state index contributed by atoms with van der Waals surface area (Å²) in [5.41, 5.74) is 6.02. The molecule has 1 fully saturated rings. The summed E-state index contributed by atoms with van der Waals surface area (Å²) < 4.78 is 17.3. The molecule has 19 heavy (non-hydrogen) atoms. The molecule has 0 aromatic heterocycles. The number of ether oxygens (including phenoxy) is 1. The van der Waals surface area contributed by atoms with Crippen LogP contribution in [0.3, 0.4) is 0 Å². The number of hydrogen-bond donors (Lipinski definition) is 1. The van der Waals surface area contributed by atoms with Crippen molar-refractivity contribution in [1.82, 2.24) is 4.90 Å². The molecule has 1 aliphatic heterocycles. The molecule has 1 aliphatic rings. The van der Waals surface area contributed by atoms with Gasteiger partial charge in [0, 0.05) is 18.0 Å². The molecule has 0 bridgehead atoms. The Morgan fingerprint density at radius 3 is 2.74 bits per heavy atom. The second-order valence-corrected chi connectivity index (χ2v) is 6.02. The van der Waals surface area contributed by atoms with Crippen molar-refractivity contribution in [1.29, 1.82) is 0 Å². The maximum atomic E-state index is 12.1. The van der Waals surface area contributed by atoms with Crippen molar-refractivity contribution in [2.24, 2.45) is 0 Å². The first-order valence-corrected chi connectivity index (χ1v) is 7.56. The van der Waals surface area contributed by atoms with Gasteiger partial charge >= 0.3 is 0 Å². The van der Waals surface area contributed by atoms with E-state index in [1.807, 2.05) is 0 Å². The van der Waals surface area contributed by atoms with Gasteiger partial charge in [-0.1, -0.05) is 11.6 Å². The summed E-state index contributed by atoms with van der Waals surface area (Å²) in [6, 6.07) is 4.76. The van der Waals surface area contributed by atoms with E-state index in [0.29, 0.717) is 41.9 Å². The molecule has 2 rings (SSSR count). The zero-order chi connectivity index (χ0) is 13.8. The predicted molar refractivity (Wildman–Crippen MR) is 74.5 cm³/mol. The van der Waals surface area contributed by atoms with E-state index in [0.717, 1.165) is 0 Å². The molecule has 5 nitrogen and oxygen atoms in total. The van der Waals surface area contributed by atoms with Crippen molar-refractivity contribution in [3.63, 3.8) is 0 Å². The highest BCUT2D eigenvalue weighted by Gasteiger charge is 2.19. The number of hydrogen-bond acceptors (Lipinski definition) is 4. The molecule has 104 valence electrons. The van der Waals surface area contributed by atoms with Gasteiger partial charge in [-0.2, -0.15) is 0 Å². The molecular formula is C12H15ClN2O3S. The highest BCUT2D eigenvalue weighted by atomic mass is 35.5. The van der Waals surface area contributed by atoms with Crippen molar-refractivity contribution in [2.45, 2.75) is 4.90 Å². The lowest BCUT2D eigenvalue weighted by Crippen LogP contribution is -2.42. The minimum atomic E-state index is -1.41. The largest absolute Gasteiger partial charge is 0.398 e. The van der Waals surface area contributed by atoms with Gasteiger partial charge in [-0.25, -0.2) is 0 Å². The number of carbonyl (C=O) groups excluding carboxylic acids is 1. The zero-order valence-corrected chi connectivity index (χ0v) is 11.9. The average Bonchev–Trinajstić information content (AvgIpc) is 2.42. The van der Waals surface area contributed by atoms with Crippen LogP contribution in [0.2, 0.25) is 5.02 Å². The van der Waals surface area contributed by atoms with E-state index in [1.54, 1.807) is 23.1 Å². The summed E-state index contributed by atoms with van der Waals surface area (Å²) in [7, 11) is -1.41. The number of benzene rings is 1. The maximum absolute atomic E-state index is 12.1. The van der Waals surface area contributed by atoms with Crippen LogP contribution in [-0.4, -0.2) is 47.1 Å². The van der Waals surface area contributed by atoms with Crippen molar-refractivity contribution in [3.8, 4) is 0 Å². The van der Waals surface area contributed by atoms with Crippen LogP contribution >= 0.6 is 11.6 Å². The number of rotatable bonds is 3. The Morgan fingerprint density at radius 1 is 1.42 bits per heavy atom. The fraction of sp³-hybridized carbons (Fsp3) is 0.417. The van der Waals surface area contributed by atoms with E-state index in [9.17, 15) is 9.00 Å². The molecule has 1 amide bonds. The van der Waals surface area contributed by atoms with Crippen molar-refractivity contribution >= 4 is 34.0 Å². The van der Waals surface area contributed by atoms with Crippen LogP contribution in [0.1, 0.15) is 0 Å². The van der Waals surface area contributed by atoms with Crippen molar-refractivity contribution in [2.75, 3.05) is 37.8 Å². The fourth-order valence-electron chi connectivity index (χ4n) is 1.75. The van der Waals surface area contributed by atoms with Crippen molar-refractivity contribution in [3.05, 3.63) is 23.2 Å².